The summed E-state index contributed by atoms with van der Waals surface area (Å²) in [5.74, 6) is 0.526. The molecule has 0 bridgehead atoms. The fourth-order valence-electron chi connectivity index (χ4n) is 3.73. The van der Waals surface area contributed by atoms with E-state index in [1.807, 2.05) is 51.2 Å². The molecule has 0 aliphatic rings. The van der Waals surface area contributed by atoms with Crippen LogP contribution in [0.15, 0.2) is 65.1 Å². The van der Waals surface area contributed by atoms with Crippen LogP contribution < -0.4 is 4.74 Å². The van der Waals surface area contributed by atoms with Crippen molar-refractivity contribution in [3.8, 4) is 11.5 Å². The number of halogens is 2. The predicted octanol–water partition coefficient (Wildman–Crippen LogP) is 7.53. The van der Waals surface area contributed by atoms with Crippen molar-refractivity contribution in [3.05, 3.63) is 90.3 Å². The molecule has 1 heterocycles. The van der Waals surface area contributed by atoms with E-state index < -0.39 is 5.97 Å². The van der Waals surface area contributed by atoms with Crippen LogP contribution in [0, 0.1) is 7.14 Å². The number of phenols is 1. The first-order valence-corrected chi connectivity index (χ1v) is 13.1. The Morgan fingerprint density at radius 1 is 0.941 bits per heavy atom. The number of hydrogen-bond donors (Lipinski definition) is 1. The van der Waals surface area contributed by atoms with Crippen LogP contribution in [0.1, 0.15) is 58.2 Å². The summed E-state index contributed by atoms with van der Waals surface area (Å²) in [7, 11) is 0. The van der Waals surface area contributed by atoms with E-state index in [0.717, 1.165) is 19.3 Å². The van der Waals surface area contributed by atoms with E-state index in [1.165, 1.54) is 0 Å². The number of benzene rings is 3. The monoisotopic (exact) mass is 680 g/mol. The molecule has 4 aromatic rings. The Kier molecular flexibility index (Phi) is 7.92. The van der Waals surface area contributed by atoms with Gasteiger partial charge in [-0.15, -0.1) is 0 Å². The fourth-order valence-corrected chi connectivity index (χ4v) is 5.50. The van der Waals surface area contributed by atoms with Gasteiger partial charge < -0.3 is 14.3 Å². The standard InChI is InChI=1S/C27H22I2O5/c1-2-3-5-10-22-24(25(30)17-13-20(28)26(31)21(29)14-17)19-12-11-18(15-23(19)34-22)33-27(32)16-8-6-4-7-9-16/h4,6-9,11-15,31H,2-3,5,10H2,1H3. The Morgan fingerprint density at radius 2 is 1.65 bits per heavy atom. The first kappa shape index (κ1) is 24.7. The van der Waals surface area contributed by atoms with E-state index in [2.05, 4.69) is 6.92 Å². The number of hydrogen-bond acceptors (Lipinski definition) is 5. The molecule has 0 amide bonds. The Labute approximate surface area is 224 Å². The number of aryl methyl sites for hydroxylation is 1. The van der Waals surface area contributed by atoms with Gasteiger partial charge in [-0.1, -0.05) is 38.0 Å². The van der Waals surface area contributed by atoms with Crippen LogP contribution in [0.2, 0.25) is 0 Å². The van der Waals surface area contributed by atoms with E-state index in [9.17, 15) is 14.7 Å². The molecule has 0 fully saturated rings. The maximum Gasteiger partial charge on any atom is 0.343 e. The van der Waals surface area contributed by atoms with Gasteiger partial charge in [0.25, 0.3) is 0 Å². The number of ketones is 1. The normalized spacial score (nSPS) is 11.0. The highest BCUT2D eigenvalue weighted by Gasteiger charge is 2.24. The number of carbonyl (C=O) groups is 2. The van der Waals surface area contributed by atoms with E-state index in [1.54, 1.807) is 54.6 Å². The van der Waals surface area contributed by atoms with Crippen molar-refractivity contribution in [2.75, 3.05) is 0 Å². The minimum Gasteiger partial charge on any atom is -0.506 e. The molecule has 5 nitrogen and oxygen atoms in total. The fraction of sp³-hybridized carbons (Fsp3) is 0.185. The van der Waals surface area contributed by atoms with Gasteiger partial charge in [0, 0.05) is 23.4 Å². The predicted molar refractivity (Wildman–Crippen MR) is 148 cm³/mol. The lowest BCUT2D eigenvalue weighted by molar-refractivity contribution is 0.0734. The molecule has 3 aromatic carbocycles. The number of esters is 1. The van der Waals surface area contributed by atoms with Crippen LogP contribution in [-0.4, -0.2) is 16.9 Å². The molecule has 34 heavy (non-hydrogen) atoms. The quantitative estimate of drug-likeness (QED) is 0.0685. The van der Waals surface area contributed by atoms with E-state index in [-0.39, 0.29) is 11.5 Å². The Morgan fingerprint density at radius 3 is 2.32 bits per heavy atom. The largest absolute Gasteiger partial charge is 0.506 e. The van der Waals surface area contributed by atoms with Gasteiger partial charge in [-0.2, -0.15) is 0 Å². The molecular formula is C27H22I2O5. The molecule has 0 atom stereocenters. The van der Waals surface area contributed by atoms with E-state index in [0.29, 0.717) is 52.7 Å². The zero-order chi connectivity index (χ0) is 24.2. The summed E-state index contributed by atoms with van der Waals surface area (Å²) in [5, 5.41) is 10.8. The van der Waals surface area contributed by atoms with E-state index in [4.69, 9.17) is 9.15 Å². The van der Waals surface area contributed by atoms with Crippen molar-refractivity contribution in [2.45, 2.75) is 32.6 Å². The molecule has 0 aliphatic heterocycles. The number of rotatable bonds is 8. The Hall–Kier alpha value is -2.40. The van der Waals surface area contributed by atoms with Gasteiger partial charge in [0.05, 0.1) is 18.3 Å². The molecule has 0 spiro atoms. The second-order valence-electron chi connectivity index (χ2n) is 7.89. The van der Waals surface area contributed by atoms with Gasteiger partial charge in [0.2, 0.25) is 0 Å². The maximum absolute atomic E-state index is 13.6. The van der Waals surface area contributed by atoms with Gasteiger partial charge in [0.15, 0.2) is 5.78 Å². The van der Waals surface area contributed by atoms with Crippen LogP contribution in [0.4, 0.5) is 0 Å². The smallest absolute Gasteiger partial charge is 0.343 e. The summed E-state index contributed by atoms with van der Waals surface area (Å²) in [5.41, 5.74) is 1.96. The third-order valence-corrected chi connectivity index (χ3v) is 7.11. The SMILES string of the molecule is CCCCCc1oc2cc(OC(=O)c3ccccc3)ccc2c1C(=O)c1cc(I)c(O)c(I)c1. The summed E-state index contributed by atoms with van der Waals surface area (Å²) in [6.07, 6.45) is 3.61. The summed E-state index contributed by atoms with van der Waals surface area (Å²) in [6, 6.07) is 17.2. The molecule has 0 unspecified atom stereocenters. The molecule has 0 saturated heterocycles. The second-order valence-corrected chi connectivity index (χ2v) is 10.2. The van der Waals surface area contributed by atoms with Crippen molar-refractivity contribution in [1.29, 1.82) is 0 Å². The zero-order valence-electron chi connectivity index (χ0n) is 18.4. The van der Waals surface area contributed by atoms with Gasteiger partial charge in [-0.3, -0.25) is 4.79 Å². The summed E-state index contributed by atoms with van der Waals surface area (Å²) < 4.78 is 12.9. The van der Waals surface area contributed by atoms with Gasteiger partial charge in [-0.05, 0) is 88.0 Å². The molecular weight excluding hydrogens is 658 g/mol. The molecule has 174 valence electrons. The number of aromatic hydroxyl groups is 1. The maximum atomic E-state index is 13.6. The third kappa shape index (κ3) is 5.30. The summed E-state index contributed by atoms with van der Waals surface area (Å²) in [4.78, 5) is 26.1. The number of carbonyl (C=O) groups excluding carboxylic acids is 2. The van der Waals surface area contributed by atoms with Crippen molar-refractivity contribution in [3.63, 3.8) is 0 Å². The highest BCUT2D eigenvalue weighted by atomic mass is 127. The summed E-state index contributed by atoms with van der Waals surface area (Å²) >= 11 is 4.04. The second kappa shape index (κ2) is 10.9. The molecule has 0 saturated carbocycles. The van der Waals surface area contributed by atoms with Crippen molar-refractivity contribution >= 4 is 67.9 Å². The number of furan rings is 1. The van der Waals surface area contributed by atoms with Crippen molar-refractivity contribution in [2.24, 2.45) is 0 Å². The lowest BCUT2D eigenvalue weighted by Gasteiger charge is -2.07. The first-order chi connectivity index (χ1) is 16.4. The molecule has 4 rings (SSSR count). The number of phenolic OH excluding ortho intramolecular Hbond substituents is 1. The van der Waals surface area contributed by atoms with E-state index >= 15 is 0 Å². The number of ether oxygens (including phenoxy) is 1. The van der Waals surface area contributed by atoms with Crippen LogP contribution >= 0.6 is 45.2 Å². The number of unbranched alkanes of at least 4 members (excludes halogenated alkanes) is 2. The van der Waals surface area contributed by atoms with Crippen molar-refractivity contribution < 1.29 is 23.8 Å². The topological polar surface area (TPSA) is 76.7 Å². The molecule has 0 radical (unpaired) electrons. The molecule has 7 heteroatoms. The molecule has 1 aromatic heterocycles. The Bertz CT molecular complexity index is 1340. The lowest BCUT2D eigenvalue weighted by atomic mass is 9.98. The highest BCUT2D eigenvalue weighted by molar-refractivity contribution is 14.1. The molecule has 0 aliphatic carbocycles. The van der Waals surface area contributed by atoms with Crippen LogP contribution in [0.25, 0.3) is 11.0 Å². The highest BCUT2D eigenvalue weighted by Crippen LogP contribution is 2.34. The third-order valence-electron chi connectivity index (χ3n) is 5.47. The van der Waals surface area contributed by atoms with Crippen LogP contribution in [0.5, 0.6) is 11.5 Å². The Balaban J connectivity index is 1.73. The van der Waals surface area contributed by atoms with Crippen molar-refractivity contribution in [1.82, 2.24) is 0 Å². The first-order valence-electron chi connectivity index (χ1n) is 10.9. The van der Waals surface area contributed by atoms with Gasteiger partial charge >= 0.3 is 5.97 Å². The minimum atomic E-state index is -0.459. The average Bonchev–Trinajstić information content (AvgIpc) is 3.19. The minimum absolute atomic E-state index is 0.157. The van der Waals surface area contributed by atoms with Crippen LogP contribution in [-0.2, 0) is 6.42 Å². The zero-order valence-corrected chi connectivity index (χ0v) is 22.8. The van der Waals surface area contributed by atoms with Gasteiger partial charge in [0.1, 0.15) is 22.8 Å². The lowest BCUT2D eigenvalue weighted by Crippen LogP contribution is -2.08. The summed E-state index contributed by atoms with van der Waals surface area (Å²) in [6.45, 7) is 2.12. The van der Waals surface area contributed by atoms with Crippen LogP contribution in [0.3, 0.4) is 0 Å². The molecule has 1 N–H and O–H groups in total. The average molecular weight is 680 g/mol. The number of fused-ring (bicyclic) bond motifs is 1. The van der Waals surface area contributed by atoms with Gasteiger partial charge in [-0.25, -0.2) is 4.79 Å².